The normalized spacial score (nSPS) is 11.7. The van der Waals surface area contributed by atoms with Gasteiger partial charge in [0.25, 0.3) is 10.0 Å². The number of aldehydes is 1. The number of aromatic nitrogens is 3. The molecular formula is C19H14Cl2N4O3S2. The molecule has 154 valence electrons. The standard InChI is InChI=1S/C19H14Cl2N4O3S2/c1-12-22-23-19(29-12)24-5-4-13-8-16(2-3-18(13)24)25(6-7-26)30(27,28)17-10-14(20)9-15(21)11-17/h2-5,7-11H,6H2,1H3. The molecule has 2 aromatic carbocycles. The third kappa shape index (κ3) is 3.81. The second kappa shape index (κ2) is 7.99. The number of carbonyl (C=O) groups is 1. The minimum absolute atomic E-state index is 0.0937. The van der Waals surface area contributed by atoms with Crippen LogP contribution in [-0.2, 0) is 14.8 Å². The largest absolute Gasteiger partial charge is 0.301 e. The molecule has 0 bridgehead atoms. The van der Waals surface area contributed by atoms with E-state index in [1.54, 1.807) is 18.2 Å². The van der Waals surface area contributed by atoms with E-state index in [0.29, 0.717) is 17.1 Å². The Bertz CT molecular complexity index is 1350. The van der Waals surface area contributed by atoms with Crippen LogP contribution in [0.2, 0.25) is 10.0 Å². The summed E-state index contributed by atoms with van der Waals surface area (Å²) in [5.41, 5.74) is 1.18. The van der Waals surface area contributed by atoms with Gasteiger partial charge in [0.05, 0.1) is 22.6 Å². The quantitative estimate of drug-likeness (QED) is 0.379. The number of hydrogen-bond donors (Lipinski definition) is 0. The van der Waals surface area contributed by atoms with E-state index in [1.165, 1.54) is 29.5 Å². The molecule has 0 saturated heterocycles. The average molecular weight is 481 g/mol. The summed E-state index contributed by atoms with van der Waals surface area (Å²) < 4.78 is 29.3. The second-order valence-electron chi connectivity index (χ2n) is 6.34. The number of aryl methyl sites for hydroxylation is 1. The Morgan fingerprint density at radius 1 is 1.10 bits per heavy atom. The van der Waals surface area contributed by atoms with Crippen LogP contribution < -0.4 is 4.31 Å². The summed E-state index contributed by atoms with van der Waals surface area (Å²) in [5.74, 6) is 0. The molecule has 2 aromatic heterocycles. The van der Waals surface area contributed by atoms with Gasteiger partial charge < -0.3 is 4.79 Å². The van der Waals surface area contributed by atoms with E-state index in [2.05, 4.69) is 10.2 Å². The van der Waals surface area contributed by atoms with Gasteiger partial charge in [-0.1, -0.05) is 34.5 Å². The molecule has 0 fully saturated rings. The zero-order chi connectivity index (χ0) is 21.5. The fraction of sp³-hybridized carbons (Fsp3) is 0.105. The van der Waals surface area contributed by atoms with E-state index in [0.717, 1.165) is 20.2 Å². The SMILES string of the molecule is Cc1nnc(-n2ccc3cc(N(CC=O)S(=O)(=O)c4cc(Cl)cc(Cl)c4)ccc32)s1. The number of carbonyl (C=O) groups excluding carboxylic acids is 1. The number of fused-ring (bicyclic) bond motifs is 1. The van der Waals surface area contributed by atoms with Gasteiger partial charge in [-0.05, 0) is 49.4 Å². The highest BCUT2D eigenvalue weighted by atomic mass is 35.5. The Hall–Kier alpha value is -2.46. The molecule has 4 aromatic rings. The first kappa shape index (κ1) is 20.8. The van der Waals surface area contributed by atoms with E-state index in [-0.39, 0.29) is 21.5 Å². The van der Waals surface area contributed by atoms with Crippen LogP contribution >= 0.6 is 34.5 Å². The number of sulfonamides is 1. The molecule has 0 N–H and O–H groups in total. The van der Waals surface area contributed by atoms with Crippen molar-refractivity contribution in [3.8, 4) is 5.13 Å². The lowest BCUT2D eigenvalue weighted by molar-refractivity contribution is -0.106. The molecule has 30 heavy (non-hydrogen) atoms. The van der Waals surface area contributed by atoms with Gasteiger partial charge in [0.1, 0.15) is 11.3 Å². The first-order valence-corrected chi connectivity index (χ1v) is 11.6. The Kier molecular flexibility index (Phi) is 5.54. The number of nitrogens with zero attached hydrogens (tertiary/aromatic N) is 4. The van der Waals surface area contributed by atoms with Crippen molar-refractivity contribution in [1.82, 2.24) is 14.8 Å². The topological polar surface area (TPSA) is 85.2 Å². The van der Waals surface area contributed by atoms with Crippen molar-refractivity contribution in [2.24, 2.45) is 0 Å². The van der Waals surface area contributed by atoms with Crippen molar-refractivity contribution < 1.29 is 13.2 Å². The third-order valence-corrected chi connectivity index (χ3v) is 7.39. The Morgan fingerprint density at radius 3 is 2.47 bits per heavy atom. The molecule has 0 spiro atoms. The Labute approximate surface area is 186 Å². The molecule has 0 aliphatic rings. The zero-order valence-corrected chi connectivity index (χ0v) is 18.6. The van der Waals surface area contributed by atoms with Gasteiger partial charge in [-0.25, -0.2) is 8.42 Å². The van der Waals surface area contributed by atoms with Gasteiger partial charge in [-0.2, -0.15) is 0 Å². The van der Waals surface area contributed by atoms with E-state index < -0.39 is 10.0 Å². The van der Waals surface area contributed by atoms with Gasteiger partial charge in [0, 0.05) is 21.6 Å². The van der Waals surface area contributed by atoms with Gasteiger partial charge in [-0.15, -0.1) is 10.2 Å². The summed E-state index contributed by atoms with van der Waals surface area (Å²) >= 11 is 13.4. The van der Waals surface area contributed by atoms with Crippen LogP contribution in [0.4, 0.5) is 5.69 Å². The maximum absolute atomic E-state index is 13.2. The summed E-state index contributed by atoms with van der Waals surface area (Å²) in [5, 5.41) is 10.9. The first-order chi connectivity index (χ1) is 14.3. The maximum Gasteiger partial charge on any atom is 0.264 e. The van der Waals surface area contributed by atoms with Gasteiger partial charge in [0.15, 0.2) is 0 Å². The van der Waals surface area contributed by atoms with E-state index in [4.69, 9.17) is 23.2 Å². The predicted octanol–water partition coefficient (Wildman–Crippen LogP) is 4.49. The highest BCUT2D eigenvalue weighted by Crippen LogP contribution is 2.31. The Balaban J connectivity index is 1.80. The summed E-state index contributed by atoms with van der Waals surface area (Å²) in [6.07, 6.45) is 2.37. The lowest BCUT2D eigenvalue weighted by Crippen LogP contribution is -2.32. The van der Waals surface area contributed by atoms with Crippen LogP contribution in [-0.4, -0.2) is 36.0 Å². The molecule has 0 radical (unpaired) electrons. The van der Waals surface area contributed by atoms with Crippen molar-refractivity contribution >= 4 is 67.4 Å². The van der Waals surface area contributed by atoms with E-state index in [1.807, 2.05) is 23.8 Å². The molecule has 0 aliphatic carbocycles. The molecule has 7 nitrogen and oxygen atoms in total. The first-order valence-electron chi connectivity index (χ1n) is 8.63. The monoisotopic (exact) mass is 480 g/mol. The van der Waals surface area contributed by atoms with E-state index in [9.17, 15) is 13.2 Å². The lowest BCUT2D eigenvalue weighted by atomic mass is 10.2. The molecule has 11 heteroatoms. The molecule has 0 amide bonds. The van der Waals surface area contributed by atoms with Crippen molar-refractivity contribution in [3.63, 3.8) is 0 Å². The molecule has 0 unspecified atom stereocenters. The van der Waals surface area contributed by atoms with Crippen LogP contribution in [0.25, 0.3) is 16.0 Å². The van der Waals surface area contributed by atoms with Crippen LogP contribution in [0, 0.1) is 6.92 Å². The van der Waals surface area contributed by atoms with Crippen LogP contribution in [0.5, 0.6) is 0 Å². The van der Waals surface area contributed by atoms with Crippen molar-refractivity contribution in [2.45, 2.75) is 11.8 Å². The minimum Gasteiger partial charge on any atom is -0.301 e. The highest BCUT2D eigenvalue weighted by molar-refractivity contribution is 7.92. The van der Waals surface area contributed by atoms with Gasteiger partial charge >= 0.3 is 0 Å². The number of benzene rings is 2. The molecule has 0 aliphatic heterocycles. The molecule has 2 heterocycles. The van der Waals surface area contributed by atoms with Crippen molar-refractivity contribution in [2.75, 3.05) is 10.8 Å². The Morgan fingerprint density at radius 2 is 1.83 bits per heavy atom. The average Bonchev–Trinajstić information content (AvgIpc) is 3.30. The molecular weight excluding hydrogens is 467 g/mol. The number of hydrogen-bond acceptors (Lipinski definition) is 6. The van der Waals surface area contributed by atoms with Gasteiger partial charge in [-0.3, -0.25) is 8.87 Å². The number of rotatable bonds is 6. The fourth-order valence-corrected chi connectivity index (χ4v) is 5.85. The molecule has 0 atom stereocenters. The number of anilines is 1. The number of halogens is 2. The highest BCUT2D eigenvalue weighted by Gasteiger charge is 2.26. The predicted molar refractivity (Wildman–Crippen MR) is 119 cm³/mol. The van der Waals surface area contributed by atoms with E-state index >= 15 is 0 Å². The fourth-order valence-electron chi connectivity index (χ4n) is 3.05. The summed E-state index contributed by atoms with van der Waals surface area (Å²) in [6, 6.07) is 11.0. The second-order valence-corrected chi connectivity index (χ2v) is 10.2. The molecule has 0 saturated carbocycles. The van der Waals surface area contributed by atoms with Crippen LogP contribution in [0.15, 0.2) is 53.6 Å². The van der Waals surface area contributed by atoms with Crippen LogP contribution in [0.3, 0.4) is 0 Å². The maximum atomic E-state index is 13.2. The van der Waals surface area contributed by atoms with Gasteiger partial charge in [0.2, 0.25) is 5.13 Å². The summed E-state index contributed by atoms with van der Waals surface area (Å²) in [6.45, 7) is 1.52. The minimum atomic E-state index is -4.07. The lowest BCUT2D eigenvalue weighted by Gasteiger charge is -2.22. The smallest absolute Gasteiger partial charge is 0.264 e. The van der Waals surface area contributed by atoms with Crippen molar-refractivity contribution in [1.29, 1.82) is 0 Å². The van der Waals surface area contributed by atoms with Crippen molar-refractivity contribution in [3.05, 3.63) is 63.7 Å². The summed E-state index contributed by atoms with van der Waals surface area (Å²) in [4.78, 5) is 11.2. The van der Waals surface area contributed by atoms with Crippen LogP contribution in [0.1, 0.15) is 5.01 Å². The molecule has 4 rings (SSSR count). The summed E-state index contributed by atoms with van der Waals surface area (Å²) in [7, 11) is -4.07. The third-order valence-electron chi connectivity index (χ3n) is 4.35. The zero-order valence-electron chi connectivity index (χ0n) is 15.5.